The quantitative estimate of drug-likeness (QED) is 0.635. The highest BCUT2D eigenvalue weighted by Crippen LogP contribution is 2.31. The van der Waals surface area contributed by atoms with Crippen molar-refractivity contribution in [3.05, 3.63) is 57.3 Å². The number of benzene rings is 1. The summed E-state index contributed by atoms with van der Waals surface area (Å²) in [6.07, 6.45) is 0. The van der Waals surface area contributed by atoms with Gasteiger partial charge in [-0.2, -0.15) is 5.26 Å². The first-order valence-electron chi connectivity index (χ1n) is 5.82. The molecule has 0 unspecified atom stereocenters. The first-order valence-corrected chi connectivity index (χ1v) is 6.63. The van der Waals surface area contributed by atoms with Crippen LogP contribution in [0, 0.1) is 35.3 Å². The Labute approximate surface area is 120 Å². The largest absolute Gasteiger partial charge is 0.269 e. The van der Waals surface area contributed by atoms with Gasteiger partial charge in [0.25, 0.3) is 5.69 Å². The third-order valence-electron chi connectivity index (χ3n) is 2.69. The lowest BCUT2D eigenvalue weighted by molar-refractivity contribution is -0.384. The minimum absolute atomic E-state index is 0.0447. The summed E-state index contributed by atoms with van der Waals surface area (Å²) in [4.78, 5) is 15.3. The number of rotatable bonds is 3. The monoisotopic (exact) mass is 285 g/mol. The predicted molar refractivity (Wildman–Crippen MR) is 75.6 cm³/mol. The molecule has 0 radical (unpaired) electrons. The molecule has 1 aromatic heterocycles. The van der Waals surface area contributed by atoms with E-state index in [9.17, 15) is 15.4 Å². The average Bonchev–Trinajstić information content (AvgIpc) is 2.39. The van der Waals surface area contributed by atoms with E-state index in [0.29, 0.717) is 10.6 Å². The van der Waals surface area contributed by atoms with Gasteiger partial charge in [-0.1, -0.05) is 11.8 Å². The highest BCUT2D eigenvalue weighted by atomic mass is 32.2. The molecule has 0 saturated heterocycles. The van der Waals surface area contributed by atoms with E-state index in [1.165, 1.54) is 23.9 Å². The van der Waals surface area contributed by atoms with Crippen LogP contribution in [0.4, 0.5) is 5.69 Å². The average molecular weight is 285 g/mol. The maximum atomic E-state index is 10.6. The number of nitro groups is 1. The van der Waals surface area contributed by atoms with Crippen LogP contribution in [-0.4, -0.2) is 9.91 Å². The maximum Gasteiger partial charge on any atom is 0.269 e. The molecular formula is C14H11N3O2S. The zero-order valence-electron chi connectivity index (χ0n) is 11.0. The SMILES string of the molecule is Cc1cc(C)c(C#N)c(Sc2ccc([N+](=O)[O-])cc2)n1. The molecule has 2 rings (SSSR count). The predicted octanol–water partition coefficient (Wildman–Crippen LogP) is 3.63. The summed E-state index contributed by atoms with van der Waals surface area (Å²) < 4.78 is 0. The Balaban J connectivity index is 2.35. The number of aryl methyl sites for hydroxylation is 2. The van der Waals surface area contributed by atoms with E-state index in [1.54, 1.807) is 12.1 Å². The van der Waals surface area contributed by atoms with Crippen molar-refractivity contribution >= 4 is 17.4 Å². The van der Waals surface area contributed by atoms with Crippen LogP contribution in [0.3, 0.4) is 0 Å². The van der Waals surface area contributed by atoms with Crippen LogP contribution in [0.15, 0.2) is 40.3 Å². The second-order valence-electron chi connectivity index (χ2n) is 4.23. The zero-order valence-corrected chi connectivity index (χ0v) is 11.8. The Bertz CT molecular complexity index is 706. The molecule has 1 heterocycles. The lowest BCUT2D eigenvalue weighted by atomic mass is 10.1. The lowest BCUT2D eigenvalue weighted by Crippen LogP contribution is -1.94. The van der Waals surface area contributed by atoms with Crippen molar-refractivity contribution in [1.82, 2.24) is 4.98 Å². The van der Waals surface area contributed by atoms with Crippen LogP contribution >= 0.6 is 11.8 Å². The molecule has 0 spiro atoms. The Morgan fingerprint density at radius 1 is 1.30 bits per heavy atom. The van der Waals surface area contributed by atoms with Crippen LogP contribution < -0.4 is 0 Å². The Morgan fingerprint density at radius 3 is 2.50 bits per heavy atom. The molecule has 2 aromatic rings. The van der Waals surface area contributed by atoms with Crippen LogP contribution in [0.25, 0.3) is 0 Å². The van der Waals surface area contributed by atoms with Crippen molar-refractivity contribution < 1.29 is 4.92 Å². The second-order valence-corrected chi connectivity index (χ2v) is 5.29. The Kier molecular flexibility index (Phi) is 4.01. The number of aromatic nitrogens is 1. The van der Waals surface area contributed by atoms with Gasteiger partial charge in [-0.15, -0.1) is 0 Å². The van der Waals surface area contributed by atoms with E-state index in [1.807, 2.05) is 19.9 Å². The molecule has 5 nitrogen and oxygen atoms in total. The smallest absolute Gasteiger partial charge is 0.258 e. The number of hydrogen-bond acceptors (Lipinski definition) is 5. The second kappa shape index (κ2) is 5.72. The molecule has 0 aliphatic heterocycles. The summed E-state index contributed by atoms with van der Waals surface area (Å²) in [6, 6.07) is 10.2. The summed E-state index contributed by atoms with van der Waals surface area (Å²) in [7, 11) is 0. The molecule has 6 heteroatoms. The van der Waals surface area contributed by atoms with Crippen molar-refractivity contribution in [1.29, 1.82) is 5.26 Å². The van der Waals surface area contributed by atoms with E-state index in [4.69, 9.17) is 0 Å². The standard InChI is InChI=1S/C14H11N3O2S/c1-9-7-10(2)16-14(13(9)8-15)20-12-5-3-11(4-6-12)17(18)19/h3-7H,1-2H3. The summed E-state index contributed by atoms with van der Waals surface area (Å²) in [5, 5.41) is 20.4. The fourth-order valence-corrected chi connectivity index (χ4v) is 2.75. The fourth-order valence-electron chi connectivity index (χ4n) is 1.76. The van der Waals surface area contributed by atoms with E-state index in [-0.39, 0.29) is 5.69 Å². The molecule has 0 fully saturated rings. The van der Waals surface area contributed by atoms with E-state index in [2.05, 4.69) is 11.1 Å². The van der Waals surface area contributed by atoms with Crippen LogP contribution in [-0.2, 0) is 0 Å². The van der Waals surface area contributed by atoms with E-state index < -0.39 is 4.92 Å². The van der Waals surface area contributed by atoms with Crippen LogP contribution in [0.5, 0.6) is 0 Å². The van der Waals surface area contributed by atoms with Gasteiger partial charge in [-0.3, -0.25) is 10.1 Å². The zero-order chi connectivity index (χ0) is 14.7. The van der Waals surface area contributed by atoms with Gasteiger partial charge in [0.2, 0.25) is 0 Å². The van der Waals surface area contributed by atoms with Crippen LogP contribution in [0.1, 0.15) is 16.8 Å². The third kappa shape index (κ3) is 2.95. The molecule has 0 aliphatic carbocycles. The number of hydrogen-bond donors (Lipinski definition) is 0. The Morgan fingerprint density at radius 2 is 1.95 bits per heavy atom. The summed E-state index contributed by atoms with van der Waals surface area (Å²) >= 11 is 1.33. The summed E-state index contributed by atoms with van der Waals surface area (Å²) in [6.45, 7) is 3.74. The van der Waals surface area contributed by atoms with Gasteiger partial charge in [0.15, 0.2) is 0 Å². The number of nitro benzene ring substituents is 1. The summed E-state index contributed by atoms with van der Waals surface area (Å²) in [5.74, 6) is 0. The van der Waals surface area contributed by atoms with E-state index >= 15 is 0 Å². The van der Waals surface area contributed by atoms with Gasteiger partial charge >= 0.3 is 0 Å². The molecule has 0 bridgehead atoms. The van der Waals surface area contributed by atoms with Gasteiger partial charge in [0.1, 0.15) is 11.1 Å². The number of non-ortho nitro benzene ring substituents is 1. The molecular weight excluding hydrogens is 274 g/mol. The topological polar surface area (TPSA) is 79.8 Å². The molecule has 0 saturated carbocycles. The molecule has 20 heavy (non-hydrogen) atoms. The first kappa shape index (κ1) is 14.0. The normalized spacial score (nSPS) is 10.1. The highest BCUT2D eigenvalue weighted by molar-refractivity contribution is 7.99. The summed E-state index contributed by atoms with van der Waals surface area (Å²) in [5.41, 5.74) is 2.30. The number of pyridine rings is 1. The van der Waals surface area contributed by atoms with Crippen molar-refractivity contribution in [3.63, 3.8) is 0 Å². The van der Waals surface area contributed by atoms with E-state index in [0.717, 1.165) is 16.2 Å². The Hall–Kier alpha value is -2.39. The molecule has 0 amide bonds. The lowest BCUT2D eigenvalue weighted by Gasteiger charge is -2.07. The minimum atomic E-state index is -0.440. The fraction of sp³-hybridized carbons (Fsp3) is 0.143. The van der Waals surface area contributed by atoms with Gasteiger partial charge in [0, 0.05) is 22.7 Å². The molecule has 0 aliphatic rings. The highest BCUT2D eigenvalue weighted by Gasteiger charge is 2.11. The molecule has 1 aromatic carbocycles. The van der Waals surface area contributed by atoms with Crippen molar-refractivity contribution in [2.24, 2.45) is 0 Å². The maximum absolute atomic E-state index is 10.6. The minimum Gasteiger partial charge on any atom is -0.258 e. The van der Waals surface area contributed by atoms with Crippen molar-refractivity contribution in [2.45, 2.75) is 23.8 Å². The number of nitriles is 1. The molecule has 0 atom stereocenters. The van der Waals surface area contributed by atoms with Gasteiger partial charge in [-0.05, 0) is 37.6 Å². The van der Waals surface area contributed by atoms with Gasteiger partial charge < -0.3 is 0 Å². The van der Waals surface area contributed by atoms with Crippen molar-refractivity contribution in [3.8, 4) is 6.07 Å². The number of nitrogens with zero attached hydrogens (tertiary/aromatic N) is 3. The van der Waals surface area contributed by atoms with Gasteiger partial charge in [-0.25, -0.2) is 4.98 Å². The molecule has 0 N–H and O–H groups in total. The van der Waals surface area contributed by atoms with Crippen LogP contribution in [0.2, 0.25) is 0 Å². The third-order valence-corrected chi connectivity index (χ3v) is 3.68. The van der Waals surface area contributed by atoms with Gasteiger partial charge in [0.05, 0.1) is 10.5 Å². The van der Waals surface area contributed by atoms with Crippen molar-refractivity contribution in [2.75, 3.05) is 0 Å². The molecule has 100 valence electrons. The first-order chi connectivity index (χ1) is 9.51.